The monoisotopic (exact) mass is 373 g/mol. The van der Waals surface area contributed by atoms with Gasteiger partial charge in [0, 0.05) is 18.7 Å². The van der Waals surface area contributed by atoms with Crippen molar-refractivity contribution < 1.29 is 18.3 Å². The number of rotatable bonds is 6. The lowest BCUT2D eigenvalue weighted by Gasteiger charge is -2.14. The molecule has 2 aromatic heterocycles. The molecule has 0 N–H and O–H groups in total. The normalized spacial score (nSPS) is 10.9. The van der Waals surface area contributed by atoms with Crippen molar-refractivity contribution in [2.24, 2.45) is 0 Å². The van der Waals surface area contributed by atoms with E-state index in [1.807, 2.05) is 0 Å². The Bertz CT molecular complexity index is 1050. The van der Waals surface area contributed by atoms with Crippen molar-refractivity contribution in [1.29, 1.82) is 0 Å². The number of aromatic nitrogens is 3. The summed E-state index contributed by atoms with van der Waals surface area (Å²) in [5.74, 6) is -1.55. The van der Waals surface area contributed by atoms with Crippen LogP contribution in [-0.4, -0.2) is 27.1 Å². The third kappa shape index (κ3) is 4.16. The molecule has 8 heteroatoms. The third-order valence-corrected chi connectivity index (χ3v) is 4.04. The Morgan fingerprint density at radius 2 is 2.04 bits per heavy atom. The lowest BCUT2D eigenvalue weighted by Crippen LogP contribution is -2.24. The molecule has 1 aromatic carbocycles. The molecule has 0 saturated heterocycles. The number of aryl methyl sites for hydroxylation is 2. The number of fused-ring (bicyclic) bond motifs is 1. The van der Waals surface area contributed by atoms with E-state index in [4.69, 9.17) is 4.74 Å². The Morgan fingerprint density at radius 3 is 2.78 bits per heavy atom. The summed E-state index contributed by atoms with van der Waals surface area (Å²) < 4.78 is 33.4. The number of ether oxygens (including phenoxy) is 1. The van der Waals surface area contributed by atoms with Gasteiger partial charge < -0.3 is 9.30 Å². The number of hydrogen-bond donors (Lipinski definition) is 0. The van der Waals surface area contributed by atoms with E-state index in [1.165, 1.54) is 22.9 Å². The summed E-state index contributed by atoms with van der Waals surface area (Å²) in [5, 5.41) is 0.276. The molecule has 0 atom stereocenters. The second-order valence-corrected chi connectivity index (χ2v) is 5.83. The van der Waals surface area contributed by atoms with E-state index < -0.39 is 23.2 Å². The van der Waals surface area contributed by atoms with Crippen LogP contribution in [0.2, 0.25) is 0 Å². The highest BCUT2D eigenvalue weighted by molar-refractivity contribution is 5.76. The molecular weight excluding hydrogens is 356 g/mol. The molecule has 0 aliphatic heterocycles. The fourth-order valence-corrected chi connectivity index (χ4v) is 2.80. The maximum atomic E-state index is 13.9. The van der Waals surface area contributed by atoms with Crippen LogP contribution >= 0.6 is 0 Å². The molecule has 0 amide bonds. The van der Waals surface area contributed by atoms with Gasteiger partial charge >= 0.3 is 5.97 Å². The van der Waals surface area contributed by atoms with Crippen LogP contribution in [0.4, 0.5) is 8.78 Å². The highest BCUT2D eigenvalue weighted by Gasteiger charge is 2.16. The molecule has 6 nitrogen and oxygen atoms in total. The van der Waals surface area contributed by atoms with Crippen LogP contribution in [-0.2, 0) is 28.9 Å². The maximum Gasteiger partial charge on any atom is 0.326 e. The van der Waals surface area contributed by atoms with Crippen molar-refractivity contribution in [3.05, 3.63) is 69.9 Å². The van der Waals surface area contributed by atoms with Crippen molar-refractivity contribution in [2.75, 3.05) is 6.61 Å². The van der Waals surface area contributed by atoms with E-state index in [0.29, 0.717) is 5.65 Å². The molecule has 140 valence electrons. The van der Waals surface area contributed by atoms with E-state index in [2.05, 4.69) is 9.97 Å². The van der Waals surface area contributed by atoms with Crippen LogP contribution < -0.4 is 5.56 Å². The quantitative estimate of drug-likeness (QED) is 0.621. The molecule has 0 radical (unpaired) electrons. The largest absolute Gasteiger partial charge is 0.465 e. The molecular formula is C19H17F2N3O3. The first-order valence-electron chi connectivity index (χ1n) is 8.43. The first-order valence-corrected chi connectivity index (χ1v) is 8.43. The molecule has 3 aromatic rings. The van der Waals surface area contributed by atoms with Gasteiger partial charge in [0.25, 0.3) is 5.56 Å². The predicted molar refractivity (Wildman–Crippen MR) is 94.2 cm³/mol. The number of esters is 1. The number of carbonyl (C=O) groups excluding carboxylic acids is 1. The summed E-state index contributed by atoms with van der Waals surface area (Å²) in [4.78, 5) is 32.5. The topological polar surface area (TPSA) is 74.1 Å². The molecule has 0 aliphatic carbocycles. The summed E-state index contributed by atoms with van der Waals surface area (Å²) >= 11 is 0. The molecule has 0 bridgehead atoms. The Morgan fingerprint density at radius 1 is 1.22 bits per heavy atom. The minimum atomic E-state index is -0.673. The predicted octanol–water partition coefficient (Wildman–Crippen LogP) is 2.42. The number of carbonyl (C=O) groups is 1. The van der Waals surface area contributed by atoms with E-state index in [9.17, 15) is 18.4 Å². The molecule has 2 heterocycles. The zero-order valence-electron chi connectivity index (χ0n) is 14.6. The lowest BCUT2D eigenvalue weighted by molar-refractivity contribution is -0.143. The smallest absolute Gasteiger partial charge is 0.326 e. The number of hydrogen-bond acceptors (Lipinski definition) is 5. The van der Waals surface area contributed by atoms with Gasteiger partial charge in [-0.25, -0.2) is 13.8 Å². The number of nitrogens with zero attached hydrogens (tertiary/aromatic N) is 3. The average Bonchev–Trinajstić information content (AvgIpc) is 2.64. The second-order valence-electron chi connectivity index (χ2n) is 5.83. The second kappa shape index (κ2) is 8.03. The molecule has 0 saturated carbocycles. The minimum Gasteiger partial charge on any atom is -0.465 e. The first kappa shape index (κ1) is 18.6. The van der Waals surface area contributed by atoms with Gasteiger partial charge in [0.15, 0.2) is 0 Å². The number of benzene rings is 1. The zero-order valence-corrected chi connectivity index (χ0v) is 14.6. The van der Waals surface area contributed by atoms with Crippen molar-refractivity contribution >= 4 is 17.0 Å². The van der Waals surface area contributed by atoms with Gasteiger partial charge in [0.05, 0.1) is 12.0 Å². The van der Waals surface area contributed by atoms with Crippen molar-refractivity contribution in [3.63, 3.8) is 0 Å². The molecule has 0 unspecified atom stereocenters. The van der Waals surface area contributed by atoms with Gasteiger partial charge in [-0.3, -0.25) is 9.59 Å². The third-order valence-electron chi connectivity index (χ3n) is 4.04. The number of pyridine rings is 1. The molecule has 0 fully saturated rings. The highest BCUT2D eigenvalue weighted by atomic mass is 19.1. The van der Waals surface area contributed by atoms with Crippen LogP contribution in [0.15, 0.2) is 41.3 Å². The fourth-order valence-electron chi connectivity index (χ4n) is 2.80. The van der Waals surface area contributed by atoms with Crippen molar-refractivity contribution in [1.82, 2.24) is 14.5 Å². The van der Waals surface area contributed by atoms with Gasteiger partial charge in [0.2, 0.25) is 0 Å². The summed E-state index contributed by atoms with van der Waals surface area (Å²) in [6, 6.07) is 6.49. The van der Waals surface area contributed by atoms with Crippen molar-refractivity contribution in [3.8, 4) is 0 Å². The van der Waals surface area contributed by atoms with E-state index in [0.717, 1.165) is 6.07 Å². The summed E-state index contributed by atoms with van der Waals surface area (Å²) in [5.41, 5.74) is 0.113. The molecule has 0 spiro atoms. The summed E-state index contributed by atoms with van der Waals surface area (Å²) in [7, 11) is 0. The van der Waals surface area contributed by atoms with E-state index >= 15 is 0 Å². The molecule has 3 rings (SSSR count). The Kier molecular flexibility index (Phi) is 5.54. The maximum absolute atomic E-state index is 13.9. The summed E-state index contributed by atoms with van der Waals surface area (Å²) in [6.45, 7) is 1.74. The standard InChI is InChI=1S/C19H17F2N3O3/c1-2-27-17(25)11-24-16(8-6-12-5-7-13(20)10-15(12)21)23-19(26)14-4-3-9-22-18(14)24/h3-5,7,9-10H,2,6,8,11H2,1H3. The van der Waals surface area contributed by atoms with Gasteiger partial charge in [-0.05, 0) is 37.1 Å². The zero-order chi connectivity index (χ0) is 19.4. The highest BCUT2D eigenvalue weighted by Crippen LogP contribution is 2.14. The molecule has 27 heavy (non-hydrogen) atoms. The van der Waals surface area contributed by atoms with Gasteiger partial charge in [-0.2, -0.15) is 4.98 Å². The van der Waals surface area contributed by atoms with Gasteiger partial charge in [0.1, 0.15) is 29.7 Å². The van der Waals surface area contributed by atoms with Gasteiger partial charge in [-0.15, -0.1) is 0 Å². The SMILES string of the molecule is CCOC(=O)Cn1c(CCc2ccc(F)cc2F)nc(=O)c2cccnc21. The van der Waals surface area contributed by atoms with Crippen LogP contribution in [0.3, 0.4) is 0 Å². The van der Waals surface area contributed by atoms with Crippen molar-refractivity contribution in [2.45, 2.75) is 26.3 Å². The minimum absolute atomic E-state index is 0.170. The number of halogens is 2. The van der Waals surface area contributed by atoms with Gasteiger partial charge in [-0.1, -0.05) is 6.07 Å². The summed E-state index contributed by atoms with van der Waals surface area (Å²) in [6.07, 6.45) is 1.86. The Hall–Kier alpha value is -3.16. The first-order chi connectivity index (χ1) is 13.0. The Balaban J connectivity index is 2.00. The van der Waals surface area contributed by atoms with Crippen LogP contribution in [0.25, 0.3) is 11.0 Å². The average molecular weight is 373 g/mol. The molecule has 0 aliphatic rings. The van der Waals surface area contributed by atoms with Crippen LogP contribution in [0, 0.1) is 11.6 Å². The van der Waals surface area contributed by atoms with E-state index in [-0.39, 0.29) is 42.8 Å². The fraction of sp³-hybridized carbons (Fsp3) is 0.263. The van der Waals surface area contributed by atoms with Crippen LogP contribution in [0.1, 0.15) is 18.3 Å². The van der Waals surface area contributed by atoms with E-state index in [1.54, 1.807) is 19.1 Å². The lowest BCUT2D eigenvalue weighted by atomic mass is 10.1. The Labute approximate surface area is 153 Å². The van der Waals surface area contributed by atoms with Crippen LogP contribution in [0.5, 0.6) is 0 Å².